The number of hydrogen-bond acceptors (Lipinski definition) is 3. The van der Waals surface area contributed by atoms with Gasteiger partial charge < -0.3 is 19.2 Å². The molecule has 1 saturated heterocycles. The Balaban J connectivity index is 1.61. The minimum Gasteiger partial charge on any atom is -0.467 e. The Morgan fingerprint density at radius 2 is 1.83 bits per heavy atom. The highest BCUT2D eigenvalue weighted by Crippen LogP contribution is 2.41. The molecule has 1 aliphatic rings. The lowest BCUT2D eigenvalue weighted by atomic mass is 10.0. The van der Waals surface area contributed by atoms with E-state index in [2.05, 4.69) is 50.2 Å². The molecule has 0 unspecified atom stereocenters. The van der Waals surface area contributed by atoms with E-state index >= 15 is 0 Å². The van der Waals surface area contributed by atoms with Crippen molar-refractivity contribution >= 4 is 23.0 Å². The quantitative estimate of drug-likeness (QED) is 0.492. The number of hydrogen-bond donors (Lipinski definition) is 1. The Labute approximate surface area is 174 Å². The molecule has 1 aromatic carbocycles. The predicted molar refractivity (Wildman–Crippen MR) is 117 cm³/mol. The number of thiocarbonyl (C=S) groups is 1. The molecule has 5 rings (SSSR count). The van der Waals surface area contributed by atoms with Gasteiger partial charge in [0.2, 0.25) is 0 Å². The molecule has 1 aliphatic heterocycles. The van der Waals surface area contributed by atoms with E-state index in [0.29, 0.717) is 11.7 Å². The molecule has 0 aliphatic carbocycles. The van der Waals surface area contributed by atoms with E-state index in [0.717, 1.165) is 22.8 Å². The van der Waals surface area contributed by atoms with Crippen molar-refractivity contribution in [2.75, 3.05) is 4.90 Å². The van der Waals surface area contributed by atoms with Gasteiger partial charge in [-0.2, -0.15) is 0 Å². The summed E-state index contributed by atoms with van der Waals surface area (Å²) in [6.45, 7) is 0.663. The fourth-order valence-electron chi connectivity index (χ4n) is 3.93. The molecule has 4 aromatic rings. The molecule has 0 amide bonds. The van der Waals surface area contributed by atoms with Crippen LogP contribution in [0.4, 0.5) is 5.69 Å². The fraction of sp³-hybridized carbons (Fsp3) is 0.130. The first-order valence-corrected chi connectivity index (χ1v) is 9.95. The maximum absolute atomic E-state index is 5.77. The molecule has 3 aromatic heterocycles. The van der Waals surface area contributed by atoms with Crippen molar-refractivity contribution in [3.05, 3.63) is 109 Å². The summed E-state index contributed by atoms with van der Waals surface area (Å²) in [5.74, 6) is 0.914. The first-order chi connectivity index (χ1) is 14.3. The van der Waals surface area contributed by atoms with Gasteiger partial charge in [-0.15, -0.1) is 0 Å². The molecule has 1 N–H and O–H groups in total. The van der Waals surface area contributed by atoms with Crippen LogP contribution in [0.3, 0.4) is 0 Å². The largest absolute Gasteiger partial charge is 0.467 e. The van der Waals surface area contributed by atoms with E-state index in [1.165, 1.54) is 0 Å². The summed E-state index contributed by atoms with van der Waals surface area (Å²) in [4.78, 5) is 6.80. The number of anilines is 1. The summed E-state index contributed by atoms with van der Waals surface area (Å²) in [5.41, 5.74) is 3.16. The summed E-state index contributed by atoms with van der Waals surface area (Å²) in [6, 6.07) is 24.3. The van der Waals surface area contributed by atoms with Crippen LogP contribution >= 0.6 is 12.2 Å². The highest BCUT2D eigenvalue weighted by molar-refractivity contribution is 7.80. The Bertz CT molecular complexity index is 1090. The zero-order valence-electron chi connectivity index (χ0n) is 15.7. The first-order valence-electron chi connectivity index (χ1n) is 9.54. The molecule has 29 heavy (non-hydrogen) atoms. The molecule has 2 atom stereocenters. The topological polar surface area (TPSA) is 46.2 Å². The van der Waals surface area contributed by atoms with Crippen molar-refractivity contribution < 1.29 is 4.42 Å². The summed E-state index contributed by atoms with van der Waals surface area (Å²) >= 11 is 5.77. The first kappa shape index (κ1) is 17.7. The van der Waals surface area contributed by atoms with Gasteiger partial charge in [-0.05, 0) is 60.7 Å². The van der Waals surface area contributed by atoms with Crippen molar-refractivity contribution in [3.8, 4) is 0 Å². The molecule has 6 heteroatoms. The number of nitrogens with zero attached hydrogens (tertiary/aromatic N) is 3. The summed E-state index contributed by atoms with van der Waals surface area (Å²) in [7, 11) is 0. The van der Waals surface area contributed by atoms with Crippen LogP contribution in [0.25, 0.3) is 0 Å². The molecule has 0 spiro atoms. The highest BCUT2D eigenvalue weighted by Gasteiger charge is 2.41. The van der Waals surface area contributed by atoms with E-state index in [1.54, 1.807) is 6.26 Å². The van der Waals surface area contributed by atoms with Crippen LogP contribution in [0.5, 0.6) is 0 Å². The van der Waals surface area contributed by atoms with Crippen LogP contribution in [0, 0.1) is 0 Å². The van der Waals surface area contributed by atoms with Crippen LogP contribution in [-0.2, 0) is 6.54 Å². The maximum Gasteiger partial charge on any atom is 0.174 e. The average molecular weight is 401 g/mol. The third kappa shape index (κ3) is 3.32. The van der Waals surface area contributed by atoms with Gasteiger partial charge in [0, 0.05) is 23.8 Å². The lowest BCUT2D eigenvalue weighted by Gasteiger charge is -2.28. The smallest absolute Gasteiger partial charge is 0.174 e. The molecule has 0 bridgehead atoms. The number of para-hydroxylation sites is 1. The lowest BCUT2D eigenvalue weighted by Crippen LogP contribution is -2.30. The van der Waals surface area contributed by atoms with Gasteiger partial charge in [0.05, 0.1) is 24.5 Å². The Morgan fingerprint density at radius 3 is 2.59 bits per heavy atom. The molecule has 0 radical (unpaired) electrons. The van der Waals surface area contributed by atoms with Gasteiger partial charge in [-0.25, -0.2) is 0 Å². The number of benzene rings is 1. The zero-order valence-corrected chi connectivity index (χ0v) is 16.5. The number of aromatic nitrogens is 2. The second-order valence-corrected chi connectivity index (χ2v) is 7.36. The van der Waals surface area contributed by atoms with Crippen molar-refractivity contribution in [2.24, 2.45) is 0 Å². The van der Waals surface area contributed by atoms with E-state index < -0.39 is 0 Å². The summed E-state index contributed by atoms with van der Waals surface area (Å²) in [6.07, 6.45) is 5.61. The molecule has 0 saturated carbocycles. The van der Waals surface area contributed by atoms with E-state index in [9.17, 15) is 0 Å². The zero-order chi connectivity index (χ0) is 19.6. The third-order valence-electron chi connectivity index (χ3n) is 5.21. The standard InChI is InChI=1S/C23H20N4OS/c29-23-25-21(19-11-4-5-13-24-19)22(27(23)17-8-2-1-3-9-17)20-12-6-14-26(20)16-18-10-7-15-28-18/h1-15,21-22H,16H2,(H,25,29)/t21-,22-/m1/s1. The summed E-state index contributed by atoms with van der Waals surface area (Å²) in [5, 5.41) is 4.20. The van der Waals surface area contributed by atoms with E-state index in [-0.39, 0.29) is 12.1 Å². The van der Waals surface area contributed by atoms with Crippen LogP contribution in [0.15, 0.2) is 95.9 Å². The second kappa shape index (κ2) is 7.56. The van der Waals surface area contributed by atoms with Gasteiger partial charge in [0.25, 0.3) is 0 Å². The van der Waals surface area contributed by atoms with E-state index in [4.69, 9.17) is 16.6 Å². The van der Waals surface area contributed by atoms with Crippen LogP contribution in [0.1, 0.15) is 29.2 Å². The SMILES string of the molecule is S=C1N[C@H](c2ccccn2)[C@@H](c2cccn2Cc2ccco2)N1c1ccccc1. The molecule has 4 heterocycles. The summed E-state index contributed by atoms with van der Waals surface area (Å²) < 4.78 is 7.79. The van der Waals surface area contributed by atoms with Crippen LogP contribution < -0.4 is 10.2 Å². The number of pyridine rings is 1. The second-order valence-electron chi connectivity index (χ2n) is 6.97. The predicted octanol–water partition coefficient (Wildman–Crippen LogP) is 4.70. The van der Waals surface area contributed by atoms with Gasteiger partial charge in [-0.3, -0.25) is 4.98 Å². The Morgan fingerprint density at radius 1 is 0.966 bits per heavy atom. The molecular formula is C23H20N4OS. The Kier molecular flexibility index (Phi) is 4.62. The van der Waals surface area contributed by atoms with Gasteiger partial charge in [0.1, 0.15) is 11.8 Å². The van der Waals surface area contributed by atoms with Crippen LogP contribution in [0.2, 0.25) is 0 Å². The van der Waals surface area contributed by atoms with Crippen molar-refractivity contribution in [2.45, 2.75) is 18.6 Å². The van der Waals surface area contributed by atoms with E-state index in [1.807, 2.05) is 54.7 Å². The van der Waals surface area contributed by atoms with Gasteiger partial charge in [-0.1, -0.05) is 24.3 Å². The van der Waals surface area contributed by atoms with Crippen LogP contribution in [-0.4, -0.2) is 14.7 Å². The van der Waals surface area contributed by atoms with Gasteiger partial charge in [0.15, 0.2) is 5.11 Å². The number of furan rings is 1. The normalized spacial score (nSPS) is 18.8. The van der Waals surface area contributed by atoms with Crippen molar-refractivity contribution in [1.29, 1.82) is 0 Å². The minimum atomic E-state index is -0.0610. The average Bonchev–Trinajstić information content (AvgIpc) is 3.50. The van der Waals surface area contributed by atoms with Gasteiger partial charge >= 0.3 is 0 Å². The van der Waals surface area contributed by atoms with Crippen molar-refractivity contribution in [3.63, 3.8) is 0 Å². The maximum atomic E-state index is 5.77. The molecule has 144 valence electrons. The number of rotatable bonds is 5. The fourth-order valence-corrected chi connectivity index (χ4v) is 4.28. The van der Waals surface area contributed by atoms with Crippen molar-refractivity contribution in [1.82, 2.24) is 14.9 Å². The monoisotopic (exact) mass is 400 g/mol. The minimum absolute atomic E-state index is 0.0373. The molecule has 1 fully saturated rings. The molecule has 5 nitrogen and oxygen atoms in total. The molecular weight excluding hydrogens is 380 g/mol. The number of nitrogens with one attached hydrogen (secondary N) is 1. The third-order valence-corrected chi connectivity index (χ3v) is 5.52. The lowest BCUT2D eigenvalue weighted by molar-refractivity contribution is 0.475. The Hall–Kier alpha value is -3.38. The highest BCUT2D eigenvalue weighted by atomic mass is 32.1.